The number of hydrogen-bond donors (Lipinski definition) is 0. The number of likely N-dealkylation sites (tertiary alicyclic amines) is 1. The van der Waals surface area contributed by atoms with Crippen molar-refractivity contribution in [2.75, 3.05) is 19.8 Å². The first kappa shape index (κ1) is 20.8. The van der Waals surface area contributed by atoms with Crippen molar-refractivity contribution in [2.24, 2.45) is 0 Å². The van der Waals surface area contributed by atoms with Gasteiger partial charge in [0.15, 0.2) is 11.5 Å². The van der Waals surface area contributed by atoms with Crippen LogP contribution in [-0.2, 0) is 6.61 Å². The number of nitrogens with zero attached hydrogens (tertiary/aromatic N) is 2. The van der Waals surface area contributed by atoms with Crippen molar-refractivity contribution in [2.45, 2.75) is 32.4 Å². The summed E-state index contributed by atoms with van der Waals surface area (Å²) < 4.78 is 30.1. The summed E-state index contributed by atoms with van der Waals surface area (Å²) in [6.45, 7) is 3.87. The van der Waals surface area contributed by atoms with Crippen LogP contribution in [0.5, 0.6) is 17.2 Å². The molecule has 3 aromatic rings. The summed E-state index contributed by atoms with van der Waals surface area (Å²) in [7, 11) is 0. The van der Waals surface area contributed by atoms with Gasteiger partial charge in [-0.25, -0.2) is 9.37 Å². The number of ether oxygens (including phenoxy) is 3. The number of fused-ring (bicyclic) bond motifs is 1. The molecule has 5 rings (SSSR count). The number of thiazole rings is 1. The lowest BCUT2D eigenvalue weighted by atomic mass is 10.0. The van der Waals surface area contributed by atoms with Gasteiger partial charge >= 0.3 is 0 Å². The topological polar surface area (TPSA) is 60.9 Å². The van der Waals surface area contributed by atoms with Crippen molar-refractivity contribution in [1.82, 2.24) is 9.88 Å². The van der Waals surface area contributed by atoms with Crippen molar-refractivity contribution in [3.8, 4) is 17.2 Å². The molecule has 8 heteroatoms. The first-order valence-electron chi connectivity index (χ1n) is 10.6. The Balaban J connectivity index is 1.31. The van der Waals surface area contributed by atoms with Gasteiger partial charge in [0.25, 0.3) is 5.91 Å². The predicted molar refractivity (Wildman–Crippen MR) is 118 cm³/mol. The molecular weight excluding hydrogens is 431 g/mol. The normalized spacial score (nSPS) is 17.4. The number of halogens is 1. The monoisotopic (exact) mass is 454 g/mol. The van der Waals surface area contributed by atoms with Gasteiger partial charge in [-0.3, -0.25) is 4.79 Å². The van der Waals surface area contributed by atoms with Gasteiger partial charge in [-0.1, -0.05) is 6.07 Å². The standard InChI is InChI=1S/C24H23FN2O4S/c1-15-23(32-22(26-15)14-31-18-7-5-17(25)6-8-18)24(28)27-10-2-3-19(27)16-4-9-20-21(13-16)30-12-11-29-20/h4-9,13,19H,2-3,10-12,14H2,1H3. The molecule has 32 heavy (non-hydrogen) atoms. The van der Waals surface area contributed by atoms with E-state index >= 15 is 0 Å². The number of benzene rings is 2. The summed E-state index contributed by atoms with van der Waals surface area (Å²) in [6, 6.07) is 11.8. The van der Waals surface area contributed by atoms with Gasteiger partial charge in [0.1, 0.15) is 41.3 Å². The van der Waals surface area contributed by atoms with E-state index in [1.54, 1.807) is 12.1 Å². The molecule has 1 fully saturated rings. The smallest absolute Gasteiger partial charge is 0.266 e. The second-order valence-electron chi connectivity index (χ2n) is 7.82. The first-order valence-corrected chi connectivity index (χ1v) is 11.5. The molecule has 2 aromatic carbocycles. The molecule has 2 aliphatic heterocycles. The molecule has 1 atom stereocenters. The Morgan fingerprint density at radius 2 is 1.97 bits per heavy atom. The highest BCUT2D eigenvalue weighted by Crippen LogP contribution is 2.39. The van der Waals surface area contributed by atoms with Crippen LogP contribution in [0.2, 0.25) is 0 Å². The quantitative estimate of drug-likeness (QED) is 0.548. The number of rotatable bonds is 5. The first-order chi connectivity index (χ1) is 15.6. The highest BCUT2D eigenvalue weighted by molar-refractivity contribution is 7.13. The van der Waals surface area contributed by atoms with E-state index in [0.717, 1.165) is 29.9 Å². The van der Waals surface area contributed by atoms with Crippen LogP contribution >= 0.6 is 11.3 Å². The van der Waals surface area contributed by atoms with E-state index in [9.17, 15) is 9.18 Å². The molecular formula is C24H23FN2O4S. The zero-order valence-electron chi connectivity index (χ0n) is 17.7. The van der Waals surface area contributed by atoms with E-state index in [1.807, 2.05) is 30.0 Å². The minimum Gasteiger partial charge on any atom is -0.486 e. The van der Waals surface area contributed by atoms with Crippen LogP contribution in [0.4, 0.5) is 4.39 Å². The average molecular weight is 455 g/mol. The Bertz CT molecular complexity index is 1130. The van der Waals surface area contributed by atoms with E-state index in [4.69, 9.17) is 14.2 Å². The van der Waals surface area contributed by atoms with Gasteiger partial charge in [0, 0.05) is 6.54 Å². The van der Waals surface area contributed by atoms with E-state index in [1.165, 1.54) is 23.5 Å². The maximum atomic E-state index is 13.4. The van der Waals surface area contributed by atoms with E-state index in [-0.39, 0.29) is 24.4 Å². The van der Waals surface area contributed by atoms with E-state index in [0.29, 0.717) is 41.1 Å². The number of aryl methyl sites for hydroxylation is 1. The summed E-state index contributed by atoms with van der Waals surface area (Å²) in [5, 5.41) is 0.713. The fourth-order valence-corrected chi connectivity index (χ4v) is 5.08. The fourth-order valence-electron chi connectivity index (χ4n) is 4.14. The largest absolute Gasteiger partial charge is 0.486 e. The average Bonchev–Trinajstić information content (AvgIpc) is 3.45. The third-order valence-electron chi connectivity index (χ3n) is 5.68. The number of carbonyl (C=O) groups excluding carboxylic acids is 1. The zero-order valence-corrected chi connectivity index (χ0v) is 18.5. The fraction of sp³-hybridized carbons (Fsp3) is 0.333. The molecule has 1 saturated heterocycles. The van der Waals surface area contributed by atoms with Crippen molar-refractivity contribution < 1.29 is 23.4 Å². The van der Waals surface area contributed by atoms with Crippen LogP contribution < -0.4 is 14.2 Å². The lowest BCUT2D eigenvalue weighted by Crippen LogP contribution is -2.30. The Morgan fingerprint density at radius 1 is 1.19 bits per heavy atom. The van der Waals surface area contributed by atoms with Crippen LogP contribution in [-0.4, -0.2) is 35.5 Å². The number of amides is 1. The molecule has 0 bridgehead atoms. The molecule has 0 radical (unpaired) electrons. The lowest BCUT2D eigenvalue weighted by molar-refractivity contribution is 0.0739. The Hall–Kier alpha value is -3.13. The van der Waals surface area contributed by atoms with Gasteiger partial charge in [-0.05, 0) is 61.7 Å². The second kappa shape index (κ2) is 8.78. The van der Waals surface area contributed by atoms with Crippen molar-refractivity contribution in [3.05, 3.63) is 69.4 Å². The van der Waals surface area contributed by atoms with Crippen LogP contribution in [0.3, 0.4) is 0 Å². The maximum Gasteiger partial charge on any atom is 0.266 e. The molecule has 6 nitrogen and oxygen atoms in total. The zero-order chi connectivity index (χ0) is 22.1. The van der Waals surface area contributed by atoms with Crippen LogP contribution in [0.1, 0.15) is 44.8 Å². The minimum atomic E-state index is -0.312. The van der Waals surface area contributed by atoms with Crippen molar-refractivity contribution in [3.63, 3.8) is 0 Å². The Labute approximate surface area is 189 Å². The molecule has 2 aliphatic rings. The molecule has 1 aromatic heterocycles. The summed E-state index contributed by atoms with van der Waals surface area (Å²) in [5.74, 6) is 1.73. The molecule has 166 valence electrons. The molecule has 1 amide bonds. The highest BCUT2D eigenvalue weighted by Gasteiger charge is 2.33. The second-order valence-corrected chi connectivity index (χ2v) is 8.91. The Kier molecular flexibility index (Phi) is 5.70. The number of carbonyl (C=O) groups is 1. The minimum absolute atomic E-state index is 0.00117. The molecule has 0 N–H and O–H groups in total. The highest BCUT2D eigenvalue weighted by atomic mass is 32.1. The summed E-state index contributed by atoms with van der Waals surface area (Å²) >= 11 is 1.35. The molecule has 0 saturated carbocycles. The Morgan fingerprint density at radius 3 is 2.78 bits per heavy atom. The van der Waals surface area contributed by atoms with Gasteiger partial charge in [0.05, 0.1) is 11.7 Å². The van der Waals surface area contributed by atoms with Crippen LogP contribution in [0, 0.1) is 12.7 Å². The third kappa shape index (κ3) is 4.14. The van der Waals surface area contributed by atoms with Crippen molar-refractivity contribution in [1.29, 1.82) is 0 Å². The SMILES string of the molecule is Cc1nc(COc2ccc(F)cc2)sc1C(=O)N1CCCC1c1ccc2c(c1)OCCO2. The number of aromatic nitrogens is 1. The summed E-state index contributed by atoms with van der Waals surface area (Å²) in [6.07, 6.45) is 1.85. The van der Waals surface area contributed by atoms with Gasteiger partial charge in [-0.15, -0.1) is 11.3 Å². The van der Waals surface area contributed by atoms with Gasteiger partial charge < -0.3 is 19.1 Å². The van der Waals surface area contributed by atoms with E-state index < -0.39 is 0 Å². The lowest BCUT2D eigenvalue weighted by Gasteiger charge is -2.26. The van der Waals surface area contributed by atoms with E-state index in [2.05, 4.69) is 4.98 Å². The van der Waals surface area contributed by atoms with Gasteiger partial charge in [-0.2, -0.15) is 0 Å². The molecule has 0 aliphatic carbocycles. The van der Waals surface area contributed by atoms with Gasteiger partial charge in [0.2, 0.25) is 0 Å². The molecule has 0 spiro atoms. The third-order valence-corrected chi connectivity index (χ3v) is 6.79. The van der Waals surface area contributed by atoms with Crippen molar-refractivity contribution >= 4 is 17.2 Å². The number of hydrogen-bond acceptors (Lipinski definition) is 6. The molecule has 3 heterocycles. The maximum absolute atomic E-state index is 13.4. The predicted octanol–water partition coefficient (Wildman–Crippen LogP) is 4.92. The van der Waals surface area contributed by atoms with Crippen LogP contribution in [0.25, 0.3) is 0 Å². The summed E-state index contributed by atoms with van der Waals surface area (Å²) in [4.78, 5) is 20.5. The van der Waals surface area contributed by atoms with Crippen LogP contribution in [0.15, 0.2) is 42.5 Å². The molecule has 1 unspecified atom stereocenters. The summed E-state index contributed by atoms with van der Waals surface area (Å²) in [5.41, 5.74) is 1.76.